The SMILES string of the molecule is CC(C)Oc1ccccc1Nc1ccc(C(=O)N(C)c2ccccc2)nc1. The number of carbonyl (C=O) groups excluding carboxylic acids is 1. The van der Waals surface area contributed by atoms with E-state index in [1.54, 1.807) is 24.2 Å². The maximum absolute atomic E-state index is 12.6. The van der Waals surface area contributed by atoms with Crippen molar-refractivity contribution in [3.8, 4) is 5.75 Å². The number of ether oxygens (including phenoxy) is 1. The third kappa shape index (κ3) is 4.64. The van der Waals surface area contributed by atoms with Crippen LogP contribution in [-0.2, 0) is 0 Å². The monoisotopic (exact) mass is 361 g/mol. The molecule has 5 nitrogen and oxygen atoms in total. The highest BCUT2D eigenvalue weighted by molar-refractivity contribution is 6.04. The highest BCUT2D eigenvalue weighted by Crippen LogP contribution is 2.28. The predicted octanol–water partition coefficient (Wildman–Crippen LogP) is 4.89. The van der Waals surface area contributed by atoms with Gasteiger partial charge in [-0.25, -0.2) is 4.98 Å². The van der Waals surface area contributed by atoms with Crippen LogP contribution in [0.3, 0.4) is 0 Å². The summed E-state index contributed by atoms with van der Waals surface area (Å²) in [6, 6.07) is 20.8. The average Bonchev–Trinajstić information content (AvgIpc) is 2.69. The summed E-state index contributed by atoms with van der Waals surface area (Å²) in [5.41, 5.74) is 2.85. The first-order valence-corrected chi connectivity index (χ1v) is 8.86. The van der Waals surface area contributed by atoms with Crippen LogP contribution in [0.15, 0.2) is 72.9 Å². The lowest BCUT2D eigenvalue weighted by Gasteiger charge is -2.17. The van der Waals surface area contributed by atoms with Crippen LogP contribution in [0.25, 0.3) is 0 Å². The van der Waals surface area contributed by atoms with Crippen molar-refractivity contribution < 1.29 is 9.53 Å². The van der Waals surface area contributed by atoms with Crippen molar-refractivity contribution in [2.24, 2.45) is 0 Å². The third-order valence-corrected chi connectivity index (χ3v) is 3.96. The Morgan fingerprint density at radius 1 is 1.00 bits per heavy atom. The Labute approximate surface area is 159 Å². The second-order valence-electron chi connectivity index (χ2n) is 6.42. The van der Waals surface area contributed by atoms with E-state index in [2.05, 4.69) is 10.3 Å². The molecule has 1 aromatic heterocycles. The van der Waals surface area contributed by atoms with Crippen molar-refractivity contribution in [2.75, 3.05) is 17.3 Å². The van der Waals surface area contributed by atoms with E-state index in [1.165, 1.54) is 0 Å². The van der Waals surface area contributed by atoms with Crippen LogP contribution in [0.4, 0.5) is 17.1 Å². The molecule has 0 aliphatic rings. The molecule has 3 aromatic rings. The molecule has 0 radical (unpaired) electrons. The molecule has 5 heteroatoms. The fraction of sp³-hybridized carbons (Fsp3) is 0.182. The molecule has 1 heterocycles. The average molecular weight is 361 g/mol. The third-order valence-electron chi connectivity index (χ3n) is 3.96. The van der Waals surface area contributed by atoms with Crippen LogP contribution < -0.4 is 15.0 Å². The molecule has 27 heavy (non-hydrogen) atoms. The number of amides is 1. The summed E-state index contributed by atoms with van der Waals surface area (Å²) in [6.45, 7) is 3.98. The van der Waals surface area contributed by atoms with Gasteiger partial charge in [0.15, 0.2) is 0 Å². The van der Waals surface area contributed by atoms with Crippen molar-refractivity contribution in [3.05, 3.63) is 78.6 Å². The molecule has 0 fully saturated rings. The molecule has 0 saturated carbocycles. The molecule has 0 aliphatic carbocycles. The van der Waals surface area contributed by atoms with Crippen LogP contribution >= 0.6 is 0 Å². The largest absolute Gasteiger partial charge is 0.489 e. The number of carbonyl (C=O) groups is 1. The van der Waals surface area contributed by atoms with Gasteiger partial charge in [-0.15, -0.1) is 0 Å². The van der Waals surface area contributed by atoms with Crippen molar-refractivity contribution in [1.29, 1.82) is 0 Å². The van der Waals surface area contributed by atoms with E-state index in [4.69, 9.17) is 4.74 Å². The molecular weight excluding hydrogens is 338 g/mol. The molecule has 0 spiro atoms. The van der Waals surface area contributed by atoms with Gasteiger partial charge < -0.3 is 15.0 Å². The lowest BCUT2D eigenvalue weighted by atomic mass is 10.2. The summed E-state index contributed by atoms with van der Waals surface area (Å²) < 4.78 is 5.82. The Hall–Kier alpha value is -3.34. The minimum Gasteiger partial charge on any atom is -0.489 e. The second kappa shape index (κ2) is 8.36. The van der Waals surface area contributed by atoms with Gasteiger partial charge in [-0.05, 0) is 50.2 Å². The number of para-hydroxylation sites is 3. The number of nitrogens with zero attached hydrogens (tertiary/aromatic N) is 2. The van der Waals surface area contributed by atoms with Crippen molar-refractivity contribution in [3.63, 3.8) is 0 Å². The summed E-state index contributed by atoms with van der Waals surface area (Å²) in [5.74, 6) is 0.618. The number of pyridine rings is 1. The molecule has 0 aliphatic heterocycles. The van der Waals surface area contributed by atoms with Crippen LogP contribution in [0.2, 0.25) is 0 Å². The number of hydrogen-bond acceptors (Lipinski definition) is 4. The highest BCUT2D eigenvalue weighted by Gasteiger charge is 2.14. The number of anilines is 3. The smallest absolute Gasteiger partial charge is 0.276 e. The maximum Gasteiger partial charge on any atom is 0.276 e. The Morgan fingerprint density at radius 2 is 1.70 bits per heavy atom. The van der Waals surface area contributed by atoms with E-state index >= 15 is 0 Å². The summed E-state index contributed by atoms with van der Waals surface area (Å²) in [7, 11) is 1.74. The first-order chi connectivity index (χ1) is 13.0. The standard InChI is InChI=1S/C22H23N3O2/c1-16(2)27-21-12-8-7-11-19(21)24-17-13-14-20(23-15-17)22(26)25(3)18-9-5-4-6-10-18/h4-16,24H,1-3H3. The molecule has 2 aromatic carbocycles. The number of nitrogens with one attached hydrogen (secondary N) is 1. The zero-order chi connectivity index (χ0) is 19.2. The normalized spacial score (nSPS) is 10.5. The van der Waals surface area contributed by atoms with Crippen LogP contribution in [0, 0.1) is 0 Å². The Balaban J connectivity index is 1.74. The maximum atomic E-state index is 12.6. The topological polar surface area (TPSA) is 54.5 Å². The van der Waals surface area contributed by atoms with Gasteiger partial charge in [0.25, 0.3) is 5.91 Å². The zero-order valence-corrected chi connectivity index (χ0v) is 15.7. The molecule has 0 saturated heterocycles. The summed E-state index contributed by atoms with van der Waals surface area (Å²) in [4.78, 5) is 18.5. The van der Waals surface area contributed by atoms with Gasteiger partial charge in [0.05, 0.1) is 23.7 Å². The number of hydrogen-bond donors (Lipinski definition) is 1. The summed E-state index contributed by atoms with van der Waals surface area (Å²) in [5, 5.41) is 3.29. The Bertz CT molecular complexity index is 893. The minimum absolute atomic E-state index is 0.0830. The molecular formula is C22H23N3O2. The number of benzene rings is 2. The molecule has 1 N–H and O–H groups in total. The molecule has 3 rings (SSSR count). The van der Waals surface area contributed by atoms with Gasteiger partial charge in [0, 0.05) is 12.7 Å². The van der Waals surface area contributed by atoms with E-state index in [9.17, 15) is 4.79 Å². The minimum atomic E-state index is -0.156. The molecule has 138 valence electrons. The van der Waals surface area contributed by atoms with Gasteiger partial charge in [-0.2, -0.15) is 0 Å². The van der Waals surface area contributed by atoms with Gasteiger partial charge >= 0.3 is 0 Å². The molecule has 0 bridgehead atoms. The van der Waals surface area contributed by atoms with Crippen molar-refractivity contribution in [2.45, 2.75) is 20.0 Å². The second-order valence-corrected chi connectivity index (χ2v) is 6.42. The lowest BCUT2D eigenvalue weighted by Crippen LogP contribution is -2.26. The lowest BCUT2D eigenvalue weighted by molar-refractivity contribution is 0.0988. The van der Waals surface area contributed by atoms with Gasteiger partial charge in [0.1, 0.15) is 11.4 Å². The first-order valence-electron chi connectivity index (χ1n) is 8.86. The van der Waals surface area contributed by atoms with Crippen molar-refractivity contribution >= 4 is 23.0 Å². The quantitative estimate of drug-likeness (QED) is 0.679. The van der Waals surface area contributed by atoms with E-state index in [-0.39, 0.29) is 12.0 Å². The molecule has 0 atom stereocenters. The van der Waals surface area contributed by atoms with Gasteiger partial charge in [-0.3, -0.25) is 4.79 Å². The van der Waals surface area contributed by atoms with E-state index in [0.29, 0.717) is 5.69 Å². The van der Waals surface area contributed by atoms with Gasteiger partial charge in [-0.1, -0.05) is 30.3 Å². The molecule has 1 amide bonds. The number of rotatable bonds is 6. The fourth-order valence-corrected chi connectivity index (χ4v) is 2.62. The fourth-order valence-electron chi connectivity index (χ4n) is 2.62. The number of aromatic nitrogens is 1. The van der Waals surface area contributed by atoms with E-state index < -0.39 is 0 Å². The first kappa shape index (κ1) is 18.5. The van der Waals surface area contributed by atoms with E-state index in [1.807, 2.05) is 74.5 Å². The van der Waals surface area contributed by atoms with Crippen LogP contribution in [0.5, 0.6) is 5.75 Å². The van der Waals surface area contributed by atoms with E-state index in [0.717, 1.165) is 22.8 Å². The van der Waals surface area contributed by atoms with Crippen molar-refractivity contribution in [1.82, 2.24) is 4.98 Å². The molecule has 0 unspecified atom stereocenters. The summed E-state index contributed by atoms with van der Waals surface area (Å²) in [6.07, 6.45) is 1.73. The van der Waals surface area contributed by atoms with Gasteiger partial charge in [0.2, 0.25) is 0 Å². The Kier molecular flexibility index (Phi) is 5.71. The van der Waals surface area contributed by atoms with Crippen LogP contribution in [-0.4, -0.2) is 24.0 Å². The zero-order valence-electron chi connectivity index (χ0n) is 15.7. The summed E-state index contributed by atoms with van der Waals surface area (Å²) >= 11 is 0. The van der Waals surface area contributed by atoms with Crippen LogP contribution in [0.1, 0.15) is 24.3 Å². The Morgan fingerprint density at radius 3 is 2.37 bits per heavy atom. The predicted molar refractivity (Wildman–Crippen MR) is 109 cm³/mol. The highest BCUT2D eigenvalue weighted by atomic mass is 16.5.